The summed E-state index contributed by atoms with van der Waals surface area (Å²) in [5.74, 6) is 0.589. The predicted molar refractivity (Wildman–Crippen MR) is 71.5 cm³/mol. The van der Waals surface area contributed by atoms with E-state index < -0.39 is 0 Å². The minimum Gasteiger partial charge on any atom is -0.459 e. The summed E-state index contributed by atoms with van der Waals surface area (Å²) in [5, 5.41) is 0. The topological polar surface area (TPSA) is 69.0 Å². The molecule has 2 aromatic heterocycles. The average Bonchev–Trinajstić information content (AvgIpc) is 2.88. The molecule has 0 radical (unpaired) electrons. The number of hydrogen-bond acceptors (Lipinski definition) is 6. The zero-order valence-corrected chi connectivity index (χ0v) is 11.3. The van der Waals surface area contributed by atoms with Crippen LogP contribution in [0.1, 0.15) is 12.6 Å². The van der Waals surface area contributed by atoms with Crippen molar-refractivity contribution in [2.75, 3.05) is 31.2 Å². The first kappa shape index (κ1) is 12.9. The van der Waals surface area contributed by atoms with E-state index in [1.807, 2.05) is 16.8 Å². The maximum absolute atomic E-state index is 10.8. The van der Waals surface area contributed by atoms with E-state index in [4.69, 9.17) is 9.47 Å². The summed E-state index contributed by atoms with van der Waals surface area (Å²) in [6.45, 7) is 4.70. The molecule has 0 aliphatic carbocycles. The molecule has 3 heterocycles. The molecule has 0 N–H and O–H groups in total. The highest BCUT2D eigenvalue weighted by atomic mass is 16.5. The molecule has 0 saturated carbocycles. The smallest absolute Gasteiger partial charge is 0.303 e. The summed E-state index contributed by atoms with van der Waals surface area (Å²) in [5.41, 5.74) is 1.45. The number of morpholine rings is 1. The molecule has 0 bridgehead atoms. The SMILES string of the molecule is CC(=O)OCc1cn2cc(N3CCOCC3)ncc2n1. The van der Waals surface area contributed by atoms with Gasteiger partial charge in [-0.05, 0) is 0 Å². The lowest BCUT2D eigenvalue weighted by Gasteiger charge is -2.27. The highest BCUT2D eigenvalue weighted by molar-refractivity contribution is 5.65. The molecule has 1 fully saturated rings. The van der Waals surface area contributed by atoms with Crippen LogP contribution in [0.15, 0.2) is 18.6 Å². The lowest BCUT2D eigenvalue weighted by atomic mass is 10.4. The van der Waals surface area contributed by atoms with Crippen LogP contribution in [0, 0.1) is 0 Å². The van der Waals surface area contributed by atoms with Gasteiger partial charge in [0.15, 0.2) is 5.65 Å². The summed E-state index contributed by atoms with van der Waals surface area (Å²) < 4.78 is 12.2. The van der Waals surface area contributed by atoms with Gasteiger partial charge in [0, 0.05) is 26.2 Å². The quantitative estimate of drug-likeness (QED) is 0.766. The maximum atomic E-state index is 10.8. The number of hydrogen-bond donors (Lipinski definition) is 0. The minimum absolute atomic E-state index is 0.184. The summed E-state index contributed by atoms with van der Waals surface area (Å²) in [6, 6.07) is 0. The molecule has 0 amide bonds. The van der Waals surface area contributed by atoms with Crippen molar-refractivity contribution >= 4 is 17.4 Å². The number of ether oxygens (including phenoxy) is 2. The second-order valence-electron chi connectivity index (χ2n) is 4.62. The summed E-state index contributed by atoms with van der Waals surface area (Å²) in [6.07, 6.45) is 5.51. The zero-order valence-electron chi connectivity index (χ0n) is 11.3. The largest absolute Gasteiger partial charge is 0.459 e. The van der Waals surface area contributed by atoms with Crippen molar-refractivity contribution in [1.29, 1.82) is 0 Å². The van der Waals surface area contributed by atoms with E-state index in [0.717, 1.165) is 37.8 Å². The van der Waals surface area contributed by atoms with Gasteiger partial charge in [0.05, 0.1) is 31.3 Å². The zero-order chi connectivity index (χ0) is 13.9. The number of aromatic nitrogens is 3. The van der Waals surface area contributed by atoms with Crippen molar-refractivity contribution in [2.45, 2.75) is 13.5 Å². The number of anilines is 1. The Kier molecular flexibility index (Phi) is 3.51. The highest BCUT2D eigenvalue weighted by Gasteiger charge is 2.13. The molecule has 20 heavy (non-hydrogen) atoms. The molecule has 106 valence electrons. The van der Waals surface area contributed by atoms with Gasteiger partial charge < -0.3 is 18.8 Å². The summed E-state index contributed by atoms with van der Waals surface area (Å²) >= 11 is 0. The van der Waals surface area contributed by atoms with Gasteiger partial charge in [-0.1, -0.05) is 0 Å². The first-order valence-corrected chi connectivity index (χ1v) is 6.52. The van der Waals surface area contributed by atoms with Gasteiger partial charge in [-0.2, -0.15) is 0 Å². The van der Waals surface area contributed by atoms with E-state index in [-0.39, 0.29) is 12.6 Å². The number of nitrogens with zero attached hydrogens (tertiary/aromatic N) is 4. The van der Waals surface area contributed by atoms with Crippen LogP contribution in [0.25, 0.3) is 5.65 Å². The van der Waals surface area contributed by atoms with Crippen LogP contribution in [0.2, 0.25) is 0 Å². The standard InChI is InChI=1S/C13H16N4O3/c1-10(18)20-9-11-7-17-8-13(14-6-12(17)15-11)16-2-4-19-5-3-16/h6-8H,2-5,9H2,1H3. The molecule has 0 unspecified atom stereocenters. The number of imidazole rings is 1. The summed E-state index contributed by atoms with van der Waals surface area (Å²) in [4.78, 5) is 21.7. The fourth-order valence-corrected chi connectivity index (χ4v) is 2.14. The molecule has 7 nitrogen and oxygen atoms in total. The van der Waals surface area contributed by atoms with Crippen molar-refractivity contribution in [3.05, 3.63) is 24.3 Å². The van der Waals surface area contributed by atoms with Gasteiger partial charge >= 0.3 is 5.97 Å². The highest BCUT2D eigenvalue weighted by Crippen LogP contribution is 2.14. The van der Waals surface area contributed by atoms with Gasteiger partial charge in [-0.15, -0.1) is 0 Å². The van der Waals surface area contributed by atoms with Crippen LogP contribution in [0.3, 0.4) is 0 Å². The maximum Gasteiger partial charge on any atom is 0.303 e. The van der Waals surface area contributed by atoms with Crippen LogP contribution in [-0.2, 0) is 20.9 Å². The van der Waals surface area contributed by atoms with E-state index in [9.17, 15) is 4.79 Å². The third kappa shape index (κ3) is 2.72. The molecule has 1 saturated heterocycles. The molecular weight excluding hydrogens is 260 g/mol. The van der Waals surface area contributed by atoms with E-state index in [2.05, 4.69) is 14.9 Å². The fraction of sp³-hybridized carbons (Fsp3) is 0.462. The predicted octanol–water partition coefficient (Wildman–Crippen LogP) is 0.629. The lowest BCUT2D eigenvalue weighted by Crippen LogP contribution is -2.36. The molecule has 0 spiro atoms. The first-order chi connectivity index (χ1) is 9.72. The van der Waals surface area contributed by atoms with E-state index in [0.29, 0.717) is 5.69 Å². The average molecular weight is 276 g/mol. The molecule has 0 aromatic carbocycles. The Labute approximate surface area is 116 Å². The number of rotatable bonds is 3. The normalized spacial score (nSPS) is 15.6. The van der Waals surface area contributed by atoms with Crippen LogP contribution in [0.4, 0.5) is 5.82 Å². The number of esters is 1. The van der Waals surface area contributed by atoms with Crippen LogP contribution >= 0.6 is 0 Å². The Morgan fingerprint density at radius 1 is 1.40 bits per heavy atom. The molecular formula is C13H16N4O3. The molecule has 7 heteroatoms. The first-order valence-electron chi connectivity index (χ1n) is 6.52. The number of fused-ring (bicyclic) bond motifs is 1. The van der Waals surface area contributed by atoms with E-state index >= 15 is 0 Å². The van der Waals surface area contributed by atoms with Crippen molar-refractivity contribution in [3.63, 3.8) is 0 Å². The van der Waals surface area contributed by atoms with Crippen molar-refractivity contribution in [3.8, 4) is 0 Å². The van der Waals surface area contributed by atoms with Gasteiger partial charge in [0.2, 0.25) is 0 Å². The van der Waals surface area contributed by atoms with E-state index in [1.165, 1.54) is 6.92 Å². The van der Waals surface area contributed by atoms with Crippen molar-refractivity contribution < 1.29 is 14.3 Å². The molecule has 3 rings (SSSR count). The summed E-state index contributed by atoms with van der Waals surface area (Å²) in [7, 11) is 0. The fourth-order valence-electron chi connectivity index (χ4n) is 2.14. The Morgan fingerprint density at radius 3 is 2.95 bits per heavy atom. The second kappa shape index (κ2) is 5.46. The van der Waals surface area contributed by atoms with Gasteiger partial charge in [0.1, 0.15) is 12.4 Å². The van der Waals surface area contributed by atoms with Crippen LogP contribution < -0.4 is 4.90 Å². The molecule has 0 atom stereocenters. The van der Waals surface area contributed by atoms with E-state index in [1.54, 1.807) is 6.20 Å². The van der Waals surface area contributed by atoms with Crippen LogP contribution in [0.5, 0.6) is 0 Å². The van der Waals surface area contributed by atoms with Gasteiger partial charge in [-0.3, -0.25) is 4.79 Å². The minimum atomic E-state index is -0.311. The van der Waals surface area contributed by atoms with Crippen LogP contribution in [-0.4, -0.2) is 46.6 Å². The van der Waals surface area contributed by atoms with Gasteiger partial charge in [-0.25, -0.2) is 9.97 Å². The Morgan fingerprint density at radius 2 is 2.20 bits per heavy atom. The Hall–Kier alpha value is -2.15. The third-order valence-electron chi connectivity index (χ3n) is 3.14. The third-order valence-corrected chi connectivity index (χ3v) is 3.14. The van der Waals surface area contributed by atoms with Crippen molar-refractivity contribution in [2.24, 2.45) is 0 Å². The lowest BCUT2D eigenvalue weighted by molar-refractivity contribution is -0.142. The number of carbonyl (C=O) groups excluding carboxylic acids is 1. The molecule has 1 aliphatic rings. The Bertz CT molecular complexity index is 619. The molecule has 2 aromatic rings. The molecule has 1 aliphatic heterocycles. The second-order valence-corrected chi connectivity index (χ2v) is 4.62. The van der Waals surface area contributed by atoms with Gasteiger partial charge in [0.25, 0.3) is 0 Å². The monoisotopic (exact) mass is 276 g/mol. The van der Waals surface area contributed by atoms with Crippen molar-refractivity contribution in [1.82, 2.24) is 14.4 Å². The Balaban J connectivity index is 1.81. The number of carbonyl (C=O) groups is 1.